The lowest BCUT2D eigenvalue weighted by molar-refractivity contribution is 0.0947. The molecule has 0 radical (unpaired) electrons. The summed E-state index contributed by atoms with van der Waals surface area (Å²) in [5.74, 6) is 2.18. The Balaban J connectivity index is 1.51. The van der Waals surface area contributed by atoms with Crippen LogP contribution in [0.15, 0.2) is 42.6 Å². The highest BCUT2D eigenvalue weighted by Crippen LogP contribution is 2.21. The third-order valence-electron chi connectivity index (χ3n) is 4.15. The molecular formula is C19H23N3O3. The monoisotopic (exact) mass is 341 g/mol. The predicted molar refractivity (Wildman–Crippen MR) is 96.5 cm³/mol. The Bertz CT molecular complexity index is 697. The number of pyridine rings is 1. The van der Waals surface area contributed by atoms with Crippen molar-refractivity contribution in [3.63, 3.8) is 0 Å². The average Bonchev–Trinajstić information content (AvgIpc) is 3.20. The number of anilines is 1. The molecule has 1 aromatic heterocycles. The van der Waals surface area contributed by atoms with Crippen LogP contribution in [-0.4, -0.2) is 44.2 Å². The fraction of sp³-hybridized carbons (Fsp3) is 0.368. The molecule has 1 aliphatic rings. The number of rotatable bonds is 7. The number of aromatic nitrogens is 1. The SMILES string of the molecule is COc1ccc(OCCNC(=O)c2cccnc2N2CCCC2)cc1. The minimum Gasteiger partial charge on any atom is -0.497 e. The van der Waals surface area contributed by atoms with Gasteiger partial charge in [0.05, 0.1) is 19.2 Å². The van der Waals surface area contributed by atoms with Crippen LogP contribution < -0.4 is 19.7 Å². The van der Waals surface area contributed by atoms with Crippen LogP contribution in [-0.2, 0) is 0 Å². The van der Waals surface area contributed by atoms with Gasteiger partial charge < -0.3 is 19.7 Å². The molecule has 1 N–H and O–H groups in total. The van der Waals surface area contributed by atoms with Gasteiger partial charge in [0.25, 0.3) is 5.91 Å². The van der Waals surface area contributed by atoms with Crippen molar-refractivity contribution in [3.05, 3.63) is 48.2 Å². The summed E-state index contributed by atoms with van der Waals surface area (Å²) < 4.78 is 10.7. The first kappa shape index (κ1) is 17.1. The first-order chi connectivity index (χ1) is 12.3. The lowest BCUT2D eigenvalue weighted by Crippen LogP contribution is -2.30. The maximum absolute atomic E-state index is 12.5. The van der Waals surface area contributed by atoms with Gasteiger partial charge in [-0.2, -0.15) is 0 Å². The Morgan fingerprint density at radius 3 is 2.60 bits per heavy atom. The Morgan fingerprint density at radius 1 is 1.16 bits per heavy atom. The van der Waals surface area contributed by atoms with Gasteiger partial charge in [-0.15, -0.1) is 0 Å². The first-order valence-electron chi connectivity index (χ1n) is 8.53. The third kappa shape index (κ3) is 4.41. The Morgan fingerprint density at radius 2 is 1.88 bits per heavy atom. The summed E-state index contributed by atoms with van der Waals surface area (Å²) in [4.78, 5) is 19.0. The highest BCUT2D eigenvalue weighted by atomic mass is 16.5. The van der Waals surface area contributed by atoms with Crippen molar-refractivity contribution in [1.82, 2.24) is 10.3 Å². The molecule has 3 rings (SSSR count). The van der Waals surface area contributed by atoms with E-state index in [1.54, 1.807) is 19.4 Å². The van der Waals surface area contributed by atoms with E-state index in [1.165, 1.54) is 0 Å². The Labute approximate surface area is 147 Å². The maximum Gasteiger partial charge on any atom is 0.255 e. The second-order valence-corrected chi connectivity index (χ2v) is 5.85. The number of ether oxygens (including phenoxy) is 2. The normalized spacial score (nSPS) is 13.6. The van der Waals surface area contributed by atoms with E-state index < -0.39 is 0 Å². The summed E-state index contributed by atoms with van der Waals surface area (Å²) >= 11 is 0. The minimum atomic E-state index is -0.117. The van der Waals surface area contributed by atoms with E-state index in [0.29, 0.717) is 18.7 Å². The standard InChI is InChI=1S/C19H23N3O3/c1-24-15-6-8-16(9-7-15)25-14-11-21-19(23)17-5-4-10-20-18(17)22-12-2-3-13-22/h4-10H,2-3,11-14H2,1H3,(H,21,23). The molecule has 0 atom stereocenters. The van der Waals surface area contributed by atoms with E-state index in [-0.39, 0.29) is 5.91 Å². The van der Waals surface area contributed by atoms with E-state index in [4.69, 9.17) is 9.47 Å². The van der Waals surface area contributed by atoms with Crippen LogP contribution in [0.3, 0.4) is 0 Å². The summed E-state index contributed by atoms with van der Waals surface area (Å²) in [6, 6.07) is 11.0. The van der Waals surface area contributed by atoms with E-state index in [9.17, 15) is 4.79 Å². The molecule has 2 aromatic rings. The molecule has 1 fully saturated rings. The molecule has 2 heterocycles. The Hall–Kier alpha value is -2.76. The smallest absolute Gasteiger partial charge is 0.255 e. The second kappa shape index (κ2) is 8.37. The van der Waals surface area contributed by atoms with Crippen LogP contribution in [0.4, 0.5) is 5.82 Å². The molecule has 132 valence electrons. The van der Waals surface area contributed by atoms with Gasteiger partial charge in [-0.1, -0.05) is 0 Å². The third-order valence-corrected chi connectivity index (χ3v) is 4.15. The molecule has 1 aromatic carbocycles. The van der Waals surface area contributed by atoms with Gasteiger partial charge >= 0.3 is 0 Å². The number of amides is 1. The van der Waals surface area contributed by atoms with Gasteiger partial charge in [-0.3, -0.25) is 4.79 Å². The molecule has 0 aliphatic carbocycles. The minimum absolute atomic E-state index is 0.117. The molecule has 0 unspecified atom stereocenters. The van der Waals surface area contributed by atoms with Crippen LogP contribution in [0.5, 0.6) is 11.5 Å². The topological polar surface area (TPSA) is 63.7 Å². The van der Waals surface area contributed by atoms with Crippen LogP contribution in [0, 0.1) is 0 Å². The number of carbonyl (C=O) groups is 1. The maximum atomic E-state index is 12.5. The fourth-order valence-electron chi connectivity index (χ4n) is 2.86. The molecule has 6 nitrogen and oxygen atoms in total. The van der Waals surface area contributed by atoms with Gasteiger partial charge in [-0.25, -0.2) is 4.98 Å². The second-order valence-electron chi connectivity index (χ2n) is 5.85. The molecule has 1 saturated heterocycles. The van der Waals surface area contributed by atoms with Crippen molar-refractivity contribution < 1.29 is 14.3 Å². The Kier molecular flexibility index (Phi) is 5.72. The van der Waals surface area contributed by atoms with Crippen molar-refractivity contribution in [1.29, 1.82) is 0 Å². The fourth-order valence-corrected chi connectivity index (χ4v) is 2.86. The van der Waals surface area contributed by atoms with E-state index in [0.717, 1.165) is 43.2 Å². The highest BCUT2D eigenvalue weighted by Gasteiger charge is 2.20. The number of nitrogens with zero attached hydrogens (tertiary/aromatic N) is 2. The summed E-state index contributed by atoms with van der Waals surface area (Å²) in [5, 5.41) is 2.90. The number of hydrogen-bond acceptors (Lipinski definition) is 5. The molecular weight excluding hydrogens is 318 g/mol. The molecule has 0 spiro atoms. The number of hydrogen-bond donors (Lipinski definition) is 1. The van der Waals surface area contributed by atoms with Crippen LogP contribution in [0.25, 0.3) is 0 Å². The zero-order valence-corrected chi connectivity index (χ0v) is 14.4. The van der Waals surface area contributed by atoms with Crippen molar-refractivity contribution in [3.8, 4) is 11.5 Å². The molecule has 1 amide bonds. The van der Waals surface area contributed by atoms with Gasteiger partial charge in [0.2, 0.25) is 0 Å². The summed E-state index contributed by atoms with van der Waals surface area (Å²) in [5.41, 5.74) is 0.619. The predicted octanol–water partition coefficient (Wildman–Crippen LogP) is 2.50. The van der Waals surface area contributed by atoms with Crippen molar-refractivity contribution in [2.24, 2.45) is 0 Å². The zero-order valence-electron chi connectivity index (χ0n) is 14.4. The number of benzene rings is 1. The number of methoxy groups -OCH3 is 1. The number of carbonyl (C=O) groups excluding carboxylic acids is 1. The zero-order chi connectivity index (χ0) is 17.5. The van der Waals surface area contributed by atoms with E-state index in [1.807, 2.05) is 30.3 Å². The number of nitrogens with one attached hydrogen (secondary N) is 1. The van der Waals surface area contributed by atoms with Gasteiger partial charge in [0, 0.05) is 19.3 Å². The van der Waals surface area contributed by atoms with Crippen molar-refractivity contribution in [2.75, 3.05) is 38.3 Å². The highest BCUT2D eigenvalue weighted by molar-refractivity contribution is 5.98. The molecule has 0 bridgehead atoms. The van der Waals surface area contributed by atoms with Crippen LogP contribution in [0.1, 0.15) is 23.2 Å². The summed E-state index contributed by atoms with van der Waals surface area (Å²) in [6.07, 6.45) is 4.03. The molecule has 0 saturated carbocycles. The van der Waals surface area contributed by atoms with E-state index >= 15 is 0 Å². The van der Waals surface area contributed by atoms with Crippen LogP contribution in [0.2, 0.25) is 0 Å². The van der Waals surface area contributed by atoms with Gasteiger partial charge in [0.15, 0.2) is 0 Å². The lowest BCUT2D eigenvalue weighted by Gasteiger charge is -2.19. The van der Waals surface area contributed by atoms with Crippen molar-refractivity contribution in [2.45, 2.75) is 12.8 Å². The average molecular weight is 341 g/mol. The van der Waals surface area contributed by atoms with Crippen LogP contribution >= 0.6 is 0 Å². The first-order valence-corrected chi connectivity index (χ1v) is 8.53. The quantitative estimate of drug-likeness (QED) is 0.784. The van der Waals surface area contributed by atoms with Gasteiger partial charge in [0.1, 0.15) is 23.9 Å². The molecule has 1 aliphatic heterocycles. The largest absolute Gasteiger partial charge is 0.497 e. The van der Waals surface area contributed by atoms with Crippen molar-refractivity contribution >= 4 is 11.7 Å². The van der Waals surface area contributed by atoms with Gasteiger partial charge in [-0.05, 0) is 49.2 Å². The molecule has 25 heavy (non-hydrogen) atoms. The summed E-state index contributed by atoms with van der Waals surface area (Å²) in [6.45, 7) is 2.74. The summed E-state index contributed by atoms with van der Waals surface area (Å²) in [7, 11) is 1.63. The molecule has 6 heteroatoms. The van der Waals surface area contributed by atoms with E-state index in [2.05, 4.69) is 15.2 Å². The lowest BCUT2D eigenvalue weighted by atomic mass is 10.2.